The maximum absolute atomic E-state index is 13.1. The molecule has 6 nitrogen and oxygen atoms in total. The molecule has 0 saturated carbocycles. The molecule has 0 radical (unpaired) electrons. The highest BCUT2D eigenvalue weighted by Crippen LogP contribution is 2.24. The van der Waals surface area contributed by atoms with E-state index in [1.807, 2.05) is 38.1 Å². The molecule has 1 N–H and O–H groups in total. The number of ether oxygens (including phenoxy) is 1. The number of amides is 1. The van der Waals surface area contributed by atoms with Crippen molar-refractivity contribution in [2.45, 2.75) is 50.5 Å². The summed E-state index contributed by atoms with van der Waals surface area (Å²) in [6, 6.07) is 12.7. The molecular formula is C24H31FN2O4S. The van der Waals surface area contributed by atoms with Crippen molar-refractivity contribution < 1.29 is 22.3 Å². The highest BCUT2D eigenvalue weighted by Gasteiger charge is 2.33. The zero-order valence-corrected chi connectivity index (χ0v) is 19.4. The predicted molar refractivity (Wildman–Crippen MR) is 121 cm³/mol. The summed E-state index contributed by atoms with van der Waals surface area (Å²) in [4.78, 5) is 12.7. The van der Waals surface area contributed by atoms with Gasteiger partial charge in [0.2, 0.25) is 15.9 Å². The van der Waals surface area contributed by atoms with Gasteiger partial charge in [-0.3, -0.25) is 4.79 Å². The van der Waals surface area contributed by atoms with E-state index in [1.54, 1.807) is 0 Å². The summed E-state index contributed by atoms with van der Waals surface area (Å²) in [5.41, 5.74) is 1.17. The van der Waals surface area contributed by atoms with Crippen LogP contribution in [0.3, 0.4) is 0 Å². The Labute approximate surface area is 189 Å². The minimum Gasteiger partial charge on any atom is -0.491 e. The number of nitrogens with one attached hydrogen (secondary N) is 1. The van der Waals surface area contributed by atoms with Crippen molar-refractivity contribution in [1.82, 2.24) is 9.62 Å². The Morgan fingerprint density at radius 3 is 2.50 bits per heavy atom. The lowest BCUT2D eigenvalue weighted by atomic mass is 9.99. The maximum atomic E-state index is 13.1. The van der Waals surface area contributed by atoms with Crippen molar-refractivity contribution >= 4 is 15.9 Å². The smallest absolute Gasteiger partial charge is 0.243 e. The zero-order chi connectivity index (χ0) is 23.1. The van der Waals surface area contributed by atoms with Crippen molar-refractivity contribution in [3.63, 3.8) is 0 Å². The minimum atomic E-state index is -3.74. The second-order valence-electron chi connectivity index (χ2n) is 8.36. The molecule has 2 aromatic rings. The molecule has 1 heterocycles. The van der Waals surface area contributed by atoms with Gasteiger partial charge >= 0.3 is 0 Å². The molecule has 0 spiro atoms. The highest BCUT2D eigenvalue weighted by molar-refractivity contribution is 7.89. The summed E-state index contributed by atoms with van der Waals surface area (Å²) < 4.78 is 45.8. The quantitative estimate of drug-likeness (QED) is 0.576. The number of carbonyl (C=O) groups excluding carboxylic acids is 1. The van der Waals surface area contributed by atoms with Gasteiger partial charge in [-0.05, 0) is 81.5 Å². The Balaban J connectivity index is 1.46. The first kappa shape index (κ1) is 24.2. The van der Waals surface area contributed by atoms with Crippen LogP contribution in [-0.2, 0) is 21.2 Å². The lowest BCUT2D eigenvalue weighted by molar-refractivity contribution is -0.126. The van der Waals surface area contributed by atoms with E-state index in [9.17, 15) is 17.6 Å². The van der Waals surface area contributed by atoms with Crippen molar-refractivity contribution in [2.24, 2.45) is 5.92 Å². The molecule has 1 atom stereocenters. The summed E-state index contributed by atoms with van der Waals surface area (Å²) >= 11 is 0. The van der Waals surface area contributed by atoms with E-state index < -0.39 is 15.8 Å². The lowest BCUT2D eigenvalue weighted by Gasteiger charge is -2.31. The Morgan fingerprint density at radius 2 is 1.84 bits per heavy atom. The second kappa shape index (κ2) is 10.9. The predicted octanol–water partition coefficient (Wildman–Crippen LogP) is 3.76. The summed E-state index contributed by atoms with van der Waals surface area (Å²) in [7, 11) is -3.74. The molecule has 0 aromatic heterocycles. The van der Waals surface area contributed by atoms with Crippen LogP contribution in [0.1, 0.15) is 38.7 Å². The number of benzene rings is 2. The summed E-state index contributed by atoms with van der Waals surface area (Å²) in [6.45, 7) is 5.01. The molecule has 2 aromatic carbocycles. The Kier molecular flexibility index (Phi) is 8.26. The number of halogens is 1. The number of rotatable bonds is 9. The summed E-state index contributed by atoms with van der Waals surface area (Å²) in [6.07, 6.45) is 3.03. The van der Waals surface area contributed by atoms with Crippen molar-refractivity contribution in [1.29, 1.82) is 0 Å². The first-order chi connectivity index (χ1) is 15.3. The highest BCUT2D eigenvalue weighted by atomic mass is 32.2. The fraction of sp³-hybridized carbons (Fsp3) is 0.458. The maximum Gasteiger partial charge on any atom is 0.243 e. The molecule has 1 aliphatic rings. The topological polar surface area (TPSA) is 75.7 Å². The molecule has 0 unspecified atom stereocenters. The van der Waals surface area contributed by atoms with Crippen LogP contribution in [0.2, 0.25) is 0 Å². The third-order valence-electron chi connectivity index (χ3n) is 5.44. The van der Waals surface area contributed by atoms with E-state index in [0.717, 1.165) is 30.7 Å². The Hall–Kier alpha value is -2.45. The lowest BCUT2D eigenvalue weighted by Crippen LogP contribution is -2.45. The molecule has 3 rings (SSSR count). The molecule has 174 valence electrons. The van der Waals surface area contributed by atoms with Crippen molar-refractivity contribution in [3.05, 3.63) is 59.9 Å². The normalized spacial score (nSPS) is 17.3. The van der Waals surface area contributed by atoms with Crippen LogP contribution in [0, 0.1) is 11.7 Å². The minimum absolute atomic E-state index is 0.0461. The standard InChI is InChI=1S/C24H31FN2O4S/c1-18(2)31-22-11-7-19(8-12-22)5-3-15-26-24(28)20-6-4-16-27(17-20)32(29,30)23-13-9-21(25)10-14-23/h7-14,18,20H,3-6,15-17H2,1-2H3,(H,26,28)/t20-/m0/s1. The number of hydrogen-bond donors (Lipinski definition) is 1. The van der Waals surface area contributed by atoms with Crippen LogP contribution in [0.4, 0.5) is 4.39 Å². The Bertz CT molecular complexity index is 992. The molecule has 1 amide bonds. The first-order valence-corrected chi connectivity index (χ1v) is 12.5. The summed E-state index contributed by atoms with van der Waals surface area (Å²) in [5.74, 6) is -0.148. The summed E-state index contributed by atoms with van der Waals surface area (Å²) in [5, 5.41) is 2.94. The van der Waals surface area contributed by atoms with E-state index in [2.05, 4.69) is 5.32 Å². The molecule has 0 aliphatic carbocycles. The third-order valence-corrected chi connectivity index (χ3v) is 7.32. The number of piperidine rings is 1. The van der Waals surface area contributed by atoms with Gasteiger partial charge in [0, 0.05) is 19.6 Å². The van der Waals surface area contributed by atoms with Crippen molar-refractivity contribution in [2.75, 3.05) is 19.6 Å². The van der Waals surface area contributed by atoms with Gasteiger partial charge in [-0.2, -0.15) is 4.31 Å². The van der Waals surface area contributed by atoms with E-state index in [4.69, 9.17) is 4.74 Å². The fourth-order valence-electron chi connectivity index (χ4n) is 3.79. The fourth-order valence-corrected chi connectivity index (χ4v) is 5.31. The molecule has 1 aliphatic heterocycles. The van der Waals surface area contributed by atoms with Crippen LogP contribution in [0.15, 0.2) is 53.4 Å². The third kappa shape index (κ3) is 6.53. The molecule has 32 heavy (non-hydrogen) atoms. The monoisotopic (exact) mass is 462 g/mol. The SMILES string of the molecule is CC(C)Oc1ccc(CCCNC(=O)[C@H]2CCCN(S(=O)(=O)c3ccc(F)cc3)C2)cc1. The van der Waals surface area contributed by atoms with Crippen molar-refractivity contribution in [3.8, 4) is 5.75 Å². The van der Waals surface area contributed by atoms with Gasteiger partial charge < -0.3 is 10.1 Å². The average Bonchev–Trinajstić information content (AvgIpc) is 2.77. The van der Waals surface area contributed by atoms with Gasteiger partial charge in [0.05, 0.1) is 16.9 Å². The number of aryl methyl sites for hydroxylation is 1. The second-order valence-corrected chi connectivity index (χ2v) is 10.3. The van der Waals surface area contributed by atoms with Crippen LogP contribution >= 0.6 is 0 Å². The van der Waals surface area contributed by atoms with Gasteiger partial charge in [0.25, 0.3) is 0 Å². The number of hydrogen-bond acceptors (Lipinski definition) is 4. The van der Waals surface area contributed by atoms with Gasteiger partial charge in [-0.25, -0.2) is 12.8 Å². The molecule has 1 fully saturated rings. The van der Waals surface area contributed by atoms with Crippen LogP contribution < -0.4 is 10.1 Å². The molecule has 8 heteroatoms. The number of carbonyl (C=O) groups is 1. The first-order valence-electron chi connectivity index (χ1n) is 11.0. The van der Waals surface area contributed by atoms with Crippen LogP contribution in [-0.4, -0.2) is 44.4 Å². The van der Waals surface area contributed by atoms with E-state index in [0.29, 0.717) is 25.9 Å². The van der Waals surface area contributed by atoms with E-state index in [-0.39, 0.29) is 29.4 Å². The van der Waals surface area contributed by atoms with Crippen LogP contribution in [0.5, 0.6) is 5.75 Å². The molecular weight excluding hydrogens is 431 g/mol. The number of nitrogens with zero attached hydrogens (tertiary/aromatic N) is 1. The molecule has 1 saturated heterocycles. The largest absolute Gasteiger partial charge is 0.491 e. The Morgan fingerprint density at radius 1 is 1.16 bits per heavy atom. The van der Waals surface area contributed by atoms with Gasteiger partial charge in [-0.1, -0.05) is 12.1 Å². The average molecular weight is 463 g/mol. The van der Waals surface area contributed by atoms with Gasteiger partial charge in [-0.15, -0.1) is 0 Å². The zero-order valence-electron chi connectivity index (χ0n) is 18.6. The van der Waals surface area contributed by atoms with E-state index in [1.165, 1.54) is 22.0 Å². The van der Waals surface area contributed by atoms with Gasteiger partial charge in [0.15, 0.2) is 0 Å². The number of sulfonamides is 1. The van der Waals surface area contributed by atoms with Gasteiger partial charge in [0.1, 0.15) is 11.6 Å². The van der Waals surface area contributed by atoms with Crippen LogP contribution in [0.25, 0.3) is 0 Å². The van der Waals surface area contributed by atoms with E-state index >= 15 is 0 Å². The molecule has 0 bridgehead atoms.